The van der Waals surface area contributed by atoms with Gasteiger partial charge in [-0.3, -0.25) is 4.79 Å². The normalized spacial score (nSPS) is 31.8. The number of rotatable bonds is 10. The lowest BCUT2D eigenvalue weighted by Gasteiger charge is -2.35. The minimum absolute atomic E-state index is 0.164. The van der Waals surface area contributed by atoms with E-state index in [0.29, 0.717) is 32.1 Å². The Morgan fingerprint density at radius 3 is 2.61 bits per heavy atom. The average Bonchev–Trinajstić information content (AvgIpc) is 3.26. The Morgan fingerprint density at radius 1 is 1.29 bits per heavy atom. The zero-order valence-corrected chi connectivity index (χ0v) is 18.4. The molecule has 1 aliphatic heterocycles. The predicted molar refractivity (Wildman–Crippen MR) is 109 cm³/mol. The summed E-state index contributed by atoms with van der Waals surface area (Å²) in [5.41, 5.74) is -2.23. The number of hydrogen-bond donors (Lipinski definition) is 1. The lowest BCUT2D eigenvalue weighted by Crippen LogP contribution is -2.44. The minimum atomic E-state index is -4.54. The number of carbonyl (C=O) groups excluding carboxylic acids is 1. The van der Waals surface area contributed by atoms with E-state index < -0.39 is 35.9 Å². The number of methoxy groups -OCH3 is 1. The van der Waals surface area contributed by atoms with Gasteiger partial charge in [0, 0.05) is 12.3 Å². The molecule has 2 fully saturated rings. The van der Waals surface area contributed by atoms with E-state index in [4.69, 9.17) is 4.74 Å². The van der Waals surface area contributed by atoms with Gasteiger partial charge < -0.3 is 14.6 Å². The summed E-state index contributed by atoms with van der Waals surface area (Å²) in [7, 11) is 1.30. The average molecular weight is 451 g/mol. The molecule has 31 heavy (non-hydrogen) atoms. The van der Waals surface area contributed by atoms with Gasteiger partial charge in [0.15, 0.2) is 0 Å². The number of carbonyl (C=O) groups is 1. The Labute approximate surface area is 181 Å². The highest BCUT2D eigenvalue weighted by Crippen LogP contribution is 2.48. The van der Waals surface area contributed by atoms with E-state index in [1.54, 1.807) is 25.2 Å². The molecule has 0 bridgehead atoms. The van der Waals surface area contributed by atoms with Gasteiger partial charge in [-0.1, -0.05) is 44.1 Å². The molecule has 178 valence electrons. The molecule has 0 aromatic carbocycles. The molecule has 0 aromatic rings. The smallest absolute Gasteiger partial charge is 0.397 e. The molecule has 0 aromatic heterocycles. The number of alkyl halides is 4. The Hall–Kier alpha value is -1.41. The first-order valence-electron chi connectivity index (χ1n) is 11.0. The highest BCUT2D eigenvalue weighted by molar-refractivity contribution is 5.69. The number of aliphatic hydroxyl groups is 1. The van der Waals surface area contributed by atoms with Crippen LogP contribution in [0.15, 0.2) is 24.3 Å². The molecule has 2 rings (SSSR count). The summed E-state index contributed by atoms with van der Waals surface area (Å²) in [4.78, 5) is 11.1. The fraction of sp³-hybridized carbons (Fsp3) is 0.783. The van der Waals surface area contributed by atoms with Crippen LogP contribution in [0.2, 0.25) is 0 Å². The molecule has 0 radical (unpaired) electrons. The first-order valence-corrected chi connectivity index (χ1v) is 11.0. The van der Waals surface area contributed by atoms with Crippen LogP contribution >= 0.6 is 0 Å². The SMILES string of the molecule is CCCCC(C)([C@H](O)/C=C/[C@H]1CC[C@H]2O[C@H](/C=C/CCC(=O)OC)C(F)[C@H]12)C(F)(F)F. The van der Waals surface area contributed by atoms with Gasteiger partial charge in [-0.05, 0) is 38.5 Å². The van der Waals surface area contributed by atoms with Gasteiger partial charge in [-0.2, -0.15) is 13.2 Å². The number of fused-ring (bicyclic) bond motifs is 1. The molecule has 1 saturated carbocycles. The largest absolute Gasteiger partial charge is 0.469 e. The van der Waals surface area contributed by atoms with Crippen LogP contribution in [-0.4, -0.2) is 48.8 Å². The molecule has 1 aliphatic carbocycles. The van der Waals surface area contributed by atoms with E-state index >= 15 is 4.39 Å². The van der Waals surface area contributed by atoms with Gasteiger partial charge in [0.25, 0.3) is 0 Å². The maximum Gasteiger partial charge on any atom is 0.397 e. The molecule has 7 atom stereocenters. The van der Waals surface area contributed by atoms with Gasteiger partial charge in [-0.15, -0.1) is 0 Å². The summed E-state index contributed by atoms with van der Waals surface area (Å²) in [6, 6.07) is 0. The van der Waals surface area contributed by atoms with Crippen molar-refractivity contribution in [1.82, 2.24) is 0 Å². The molecule has 4 nitrogen and oxygen atoms in total. The van der Waals surface area contributed by atoms with Gasteiger partial charge in [0.2, 0.25) is 0 Å². The molecule has 1 N–H and O–H groups in total. The number of aliphatic hydroxyl groups excluding tert-OH is 1. The van der Waals surface area contributed by atoms with Crippen molar-refractivity contribution in [2.45, 2.75) is 89.5 Å². The fourth-order valence-corrected chi connectivity index (χ4v) is 4.48. The predicted octanol–water partition coefficient (Wildman–Crippen LogP) is 5.30. The molecular formula is C23H34F4O4. The van der Waals surface area contributed by atoms with Crippen LogP contribution in [0.3, 0.4) is 0 Å². The lowest BCUT2D eigenvalue weighted by atomic mass is 9.78. The number of halogens is 4. The molecule has 1 heterocycles. The van der Waals surface area contributed by atoms with Crippen molar-refractivity contribution in [2.24, 2.45) is 17.3 Å². The van der Waals surface area contributed by atoms with E-state index in [0.717, 1.165) is 6.92 Å². The third kappa shape index (κ3) is 6.09. The summed E-state index contributed by atoms with van der Waals surface area (Å²) < 4.78 is 66.2. The van der Waals surface area contributed by atoms with Crippen molar-refractivity contribution in [1.29, 1.82) is 0 Å². The second-order valence-electron chi connectivity index (χ2n) is 8.79. The van der Waals surface area contributed by atoms with Crippen LogP contribution in [0.4, 0.5) is 17.6 Å². The van der Waals surface area contributed by atoms with Crippen LogP contribution in [-0.2, 0) is 14.3 Å². The number of hydrogen-bond acceptors (Lipinski definition) is 4. The molecule has 0 amide bonds. The third-order valence-corrected chi connectivity index (χ3v) is 6.68. The van der Waals surface area contributed by atoms with E-state index in [1.807, 2.05) is 0 Å². The molecule has 0 spiro atoms. The summed E-state index contributed by atoms with van der Waals surface area (Å²) in [6.45, 7) is 2.85. The second kappa shape index (κ2) is 10.9. The number of unbranched alkanes of at least 4 members (excludes halogenated alkanes) is 1. The molecule has 8 heteroatoms. The van der Waals surface area contributed by atoms with Gasteiger partial charge in [0.05, 0.1) is 24.7 Å². The summed E-state index contributed by atoms with van der Waals surface area (Å²) in [6.07, 6.45) is 0.118. The maximum atomic E-state index is 15.0. The van der Waals surface area contributed by atoms with E-state index in [2.05, 4.69) is 4.74 Å². The third-order valence-electron chi connectivity index (χ3n) is 6.68. The zero-order chi connectivity index (χ0) is 23.2. The molecular weight excluding hydrogens is 416 g/mol. The highest BCUT2D eigenvalue weighted by Gasteiger charge is 2.55. The molecule has 1 saturated heterocycles. The Kier molecular flexibility index (Phi) is 9.13. The van der Waals surface area contributed by atoms with Crippen molar-refractivity contribution >= 4 is 5.97 Å². The van der Waals surface area contributed by atoms with Crippen molar-refractivity contribution in [3.8, 4) is 0 Å². The van der Waals surface area contributed by atoms with Crippen molar-refractivity contribution < 1.29 is 36.9 Å². The Balaban J connectivity index is 2.01. The maximum absolute atomic E-state index is 15.0. The van der Waals surface area contributed by atoms with Crippen molar-refractivity contribution in [3.63, 3.8) is 0 Å². The topological polar surface area (TPSA) is 55.8 Å². The van der Waals surface area contributed by atoms with Crippen LogP contribution in [0.5, 0.6) is 0 Å². The van der Waals surface area contributed by atoms with Gasteiger partial charge >= 0.3 is 12.1 Å². The van der Waals surface area contributed by atoms with Crippen LogP contribution in [0.1, 0.15) is 58.8 Å². The van der Waals surface area contributed by atoms with E-state index in [9.17, 15) is 23.1 Å². The number of ether oxygens (including phenoxy) is 2. The van der Waals surface area contributed by atoms with Crippen molar-refractivity contribution in [3.05, 3.63) is 24.3 Å². The van der Waals surface area contributed by atoms with Gasteiger partial charge in [0.1, 0.15) is 12.3 Å². The van der Waals surface area contributed by atoms with E-state index in [1.165, 1.54) is 13.2 Å². The van der Waals surface area contributed by atoms with E-state index in [-0.39, 0.29) is 30.8 Å². The quantitative estimate of drug-likeness (QED) is 0.279. The summed E-state index contributed by atoms with van der Waals surface area (Å²) in [5, 5.41) is 10.4. The van der Waals surface area contributed by atoms with Crippen LogP contribution < -0.4 is 0 Å². The van der Waals surface area contributed by atoms with Gasteiger partial charge in [-0.25, -0.2) is 4.39 Å². The summed E-state index contributed by atoms with van der Waals surface area (Å²) >= 11 is 0. The number of allylic oxidation sites excluding steroid dienone is 2. The van der Waals surface area contributed by atoms with Crippen molar-refractivity contribution in [2.75, 3.05) is 7.11 Å². The zero-order valence-electron chi connectivity index (χ0n) is 18.4. The number of esters is 1. The Morgan fingerprint density at radius 2 is 2.00 bits per heavy atom. The minimum Gasteiger partial charge on any atom is -0.469 e. The fourth-order valence-electron chi connectivity index (χ4n) is 4.48. The first-order chi connectivity index (χ1) is 14.5. The molecule has 2 aliphatic rings. The lowest BCUT2D eigenvalue weighted by molar-refractivity contribution is -0.244. The first kappa shape index (κ1) is 25.8. The monoisotopic (exact) mass is 450 g/mol. The van der Waals surface area contributed by atoms with Crippen LogP contribution in [0.25, 0.3) is 0 Å². The Bertz CT molecular complexity index is 648. The van der Waals surface area contributed by atoms with Crippen LogP contribution in [0, 0.1) is 17.3 Å². The second-order valence-corrected chi connectivity index (χ2v) is 8.79. The standard InChI is InChI=1S/C23H34F4O4/c1-4-5-14-22(2,23(25,26)27)18(28)13-11-15-10-12-16-20(15)21(24)17(31-16)8-6-7-9-19(29)30-3/h6,8,11,13,15-18,20-21,28H,4-5,7,9-10,12,14H2,1-3H3/b8-6+,13-11+/t15-,16-,17-,18-,20-,21?,22?/m1/s1. The molecule has 2 unspecified atom stereocenters. The summed E-state index contributed by atoms with van der Waals surface area (Å²) in [5.74, 6) is -1.09. The highest BCUT2D eigenvalue weighted by atomic mass is 19.4.